The predicted octanol–water partition coefficient (Wildman–Crippen LogP) is 3.66. The van der Waals surface area contributed by atoms with Crippen molar-refractivity contribution in [2.75, 3.05) is 0 Å². The Balaban J connectivity index is 1.85. The lowest BCUT2D eigenvalue weighted by Crippen LogP contribution is -2.29. The highest BCUT2D eigenvalue weighted by molar-refractivity contribution is 9.10. The monoisotopic (exact) mass is 331 g/mol. The van der Waals surface area contributed by atoms with E-state index in [1.54, 1.807) is 6.20 Å². The van der Waals surface area contributed by atoms with Gasteiger partial charge in [-0.25, -0.2) is 5.43 Å². The van der Waals surface area contributed by atoms with Crippen LogP contribution in [0.2, 0.25) is 0 Å². The lowest BCUT2D eigenvalue weighted by atomic mass is 9.79. The van der Waals surface area contributed by atoms with E-state index >= 15 is 0 Å². The first-order valence-electron chi connectivity index (χ1n) is 6.94. The molecule has 1 unspecified atom stereocenters. The highest BCUT2D eigenvalue weighted by Gasteiger charge is 2.20. The van der Waals surface area contributed by atoms with Gasteiger partial charge in [0.1, 0.15) is 0 Å². The summed E-state index contributed by atoms with van der Waals surface area (Å²) in [5.41, 5.74) is 6.54. The minimum Gasteiger partial charge on any atom is -0.271 e. The summed E-state index contributed by atoms with van der Waals surface area (Å²) in [4.78, 5) is 4.20. The van der Waals surface area contributed by atoms with Gasteiger partial charge in [-0.15, -0.1) is 0 Å². The Labute approximate surface area is 127 Å². The average molecular weight is 332 g/mol. The second-order valence-electron chi connectivity index (χ2n) is 5.33. The number of hydrazine groups is 1. The van der Waals surface area contributed by atoms with E-state index in [0.29, 0.717) is 0 Å². The zero-order chi connectivity index (χ0) is 13.9. The van der Waals surface area contributed by atoms with E-state index in [-0.39, 0.29) is 6.04 Å². The molecule has 1 aliphatic carbocycles. The van der Waals surface area contributed by atoms with Crippen LogP contribution in [0, 0.1) is 0 Å². The van der Waals surface area contributed by atoms with E-state index in [1.165, 1.54) is 24.8 Å². The third-order valence-electron chi connectivity index (χ3n) is 4.07. The van der Waals surface area contributed by atoms with Gasteiger partial charge in [0, 0.05) is 16.9 Å². The van der Waals surface area contributed by atoms with Crippen molar-refractivity contribution < 1.29 is 0 Å². The number of hydrogen-bond donors (Lipinski definition) is 2. The Morgan fingerprint density at radius 3 is 2.45 bits per heavy atom. The largest absolute Gasteiger partial charge is 0.271 e. The molecular formula is C16H18BrN3. The summed E-state index contributed by atoms with van der Waals surface area (Å²) in [7, 11) is 0. The van der Waals surface area contributed by atoms with Crippen molar-refractivity contribution in [3.8, 4) is 0 Å². The van der Waals surface area contributed by atoms with Crippen LogP contribution in [0.5, 0.6) is 0 Å². The molecule has 0 saturated heterocycles. The van der Waals surface area contributed by atoms with Crippen molar-refractivity contribution in [3.05, 3.63) is 63.9 Å². The molecule has 0 aliphatic heterocycles. The van der Waals surface area contributed by atoms with Crippen LogP contribution in [0.3, 0.4) is 0 Å². The lowest BCUT2D eigenvalue weighted by Gasteiger charge is -2.26. The van der Waals surface area contributed by atoms with Gasteiger partial charge >= 0.3 is 0 Å². The first-order valence-corrected chi connectivity index (χ1v) is 7.73. The molecule has 1 aliphatic rings. The summed E-state index contributed by atoms with van der Waals surface area (Å²) in [6.07, 6.45) is 7.63. The summed E-state index contributed by atoms with van der Waals surface area (Å²) in [6.45, 7) is 0. The maximum absolute atomic E-state index is 5.73. The number of nitrogens with zero attached hydrogens (tertiary/aromatic N) is 1. The Bertz CT molecular complexity index is 579. The molecule has 1 aromatic heterocycles. The van der Waals surface area contributed by atoms with Gasteiger partial charge in [0.25, 0.3) is 0 Å². The summed E-state index contributed by atoms with van der Waals surface area (Å²) < 4.78 is 0.960. The van der Waals surface area contributed by atoms with Crippen LogP contribution in [-0.4, -0.2) is 4.98 Å². The zero-order valence-corrected chi connectivity index (χ0v) is 12.8. The van der Waals surface area contributed by atoms with Crippen LogP contribution in [0.15, 0.2) is 47.2 Å². The van der Waals surface area contributed by atoms with Gasteiger partial charge in [-0.3, -0.25) is 10.8 Å². The SMILES string of the molecule is NNC(c1ccc(C2CCC2)cc1)c1cncc(Br)c1. The number of rotatable bonds is 4. The molecule has 0 amide bonds. The van der Waals surface area contributed by atoms with Crippen molar-refractivity contribution in [2.24, 2.45) is 5.84 Å². The van der Waals surface area contributed by atoms with E-state index in [0.717, 1.165) is 21.5 Å². The number of aromatic nitrogens is 1. The average Bonchev–Trinajstić information content (AvgIpc) is 2.40. The van der Waals surface area contributed by atoms with E-state index in [1.807, 2.05) is 12.3 Å². The molecule has 3 nitrogen and oxygen atoms in total. The topological polar surface area (TPSA) is 50.9 Å². The van der Waals surface area contributed by atoms with Gasteiger partial charge in [-0.1, -0.05) is 30.7 Å². The summed E-state index contributed by atoms with van der Waals surface area (Å²) >= 11 is 3.45. The number of nitrogens with one attached hydrogen (secondary N) is 1. The molecule has 1 heterocycles. The molecule has 1 atom stereocenters. The quantitative estimate of drug-likeness (QED) is 0.664. The van der Waals surface area contributed by atoms with Crippen LogP contribution in [0.4, 0.5) is 0 Å². The molecule has 0 bridgehead atoms. The molecule has 0 spiro atoms. The Hall–Kier alpha value is -1.23. The van der Waals surface area contributed by atoms with Crippen molar-refractivity contribution in [2.45, 2.75) is 31.2 Å². The zero-order valence-electron chi connectivity index (χ0n) is 11.2. The molecule has 20 heavy (non-hydrogen) atoms. The van der Waals surface area contributed by atoms with Crippen LogP contribution in [-0.2, 0) is 0 Å². The highest BCUT2D eigenvalue weighted by atomic mass is 79.9. The molecule has 3 N–H and O–H groups in total. The smallest absolute Gasteiger partial charge is 0.0725 e. The highest BCUT2D eigenvalue weighted by Crippen LogP contribution is 2.36. The number of hydrogen-bond acceptors (Lipinski definition) is 3. The van der Waals surface area contributed by atoms with E-state index in [9.17, 15) is 0 Å². The van der Waals surface area contributed by atoms with E-state index in [2.05, 4.69) is 50.6 Å². The molecule has 3 rings (SSSR count). The van der Waals surface area contributed by atoms with Crippen molar-refractivity contribution in [1.29, 1.82) is 0 Å². The van der Waals surface area contributed by atoms with Crippen molar-refractivity contribution in [3.63, 3.8) is 0 Å². The van der Waals surface area contributed by atoms with Crippen LogP contribution >= 0.6 is 15.9 Å². The van der Waals surface area contributed by atoms with Crippen LogP contribution < -0.4 is 11.3 Å². The van der Waals surface area contributed by atoms with E-state index < -0.39 is 0 Å². The molecule has 2 aromatic rings. The molecule has 1 fully saturated rings. The fourth-order valence-electron chi connectivity index (χ4n) is 2.67. The molecule has 1 aromatic carbocycles. The molecule has 1 saturated carbocycles. The van der Waals surface area contributed by atoms with Gasteiger partial charge in [0.15, 0.2) is 0 Å². The second kappa shape index (κ2) is 6.04. The van der Waals surface area contributed by atoms with Gasteiger partial charge in [-0.2, -0.15) is 0 Å². The third-order valence-corrected chi connectivity index (χ3v) is 4.51. The van der Waals surface area contributed by atoms with Gasteiger partial charge < -0.3 is 0 Å². The summed E-state index contributed by atoms with van der Waals surface area (Å²) in [5, 5.41) is 0. The number of benzene rings is 1. The minimum atomic E-state index is -0.0320. The molecular weight excluding hydrogens is 314 g/mol. The van der Waals surface area contributed by atoms with Gasteiger partial charge in [-0.05, 0) is 57.4 Å². The molecule has 104 valence electrons. The second-order valence-corrected chi connectivity index (χ2v) is 6.25. The van der Waals surface area contributed by atoms with Gasteiger partial charge in [0.05, 0.1) is 6.04 Å². The van der Waals surface area contributed by atoms with E-state index in [4.69, 9.17) is 5.84 Å². The maximum Gasteiger partial charge on any atom is 0.0725 e. The Morgan fingerprint density at radius 1 is 1.15 bits per heavy atom. The summed E-state index contributed by atoms with van der Waals surface area (Å²) in [5.74, 6) is 6.49. The fourth-order valence-corrected chi connectivity index (χ4v) is 3.06. The first-order chi connectivity index (χ1) is 9.78. The Morgan fingerprint density at radius 2 is 1.90 bits per heavy atom. The number of pyridine rings is 1. The standard InChI is InChI=1S/C16H18BrN3/c17-15-8-14(9-19-10-15)16(20-18)13-6-4-12(5-7-13)11-2-1-3-11/h4-11,16,20H,1-3,18H2. The maximum atomic E-state index is 5.73. The first kappa shape index (κ1) is 13.7. The summed E-state index contributed by atoms with van der Waals surface area (Å²) in [6, 6.07) is 10.8. The number of nitrogens with two attached hydrogens (primary N) is 1. The van der Waals surface area contributed by atoms with Crippen LogP contribution in [0.1, 0.15) is 47.9 Å². The van der Waals surface area contributed by atoms with Crippen LogP contribution in [0.25, 0.3) is 0 Å². The van der Waals surface area contributed by atoms with Crippen molar-refractivity contribution in [1.82, 2.24) is 10.4 Å². The fraction of sp³-hybridized carbons (Fsp3) is 0.312. The Kier molecular flexibility index (Phi) is 4.15. The van der Waals surface area contributed by atoms with Crippen molar-refractivity contribution >= 4 is 15.9 Å². The molecule has 4 heteroatoms. The normalized spacial score (nSPS) is 16.7. The minimum absolute atomic E-state index is 0.0320. The lowest BCUT2D eigenvalue weighted by molar-refractivity contribution is 0.419. The third kappa shape index (κ3) is 2.77. The molecule has 0 radical (unpaired) electrons. The van der Waals surface area contributed by atoms with Gasteiger partial charge in [0.2, 0.25) is 0 Å². The predicted molar refractivity (Wildman–Crippen MR) is 84.1 cm³/mol. The number of halogens is 1.